The van der Waals surface area contributed by atoms with Crippen LogP contribution in [0.2, 0.25) is 0 Å². The second kappa shape index (κ2) is 8.23. The Kier molecular flexibility index (Phi) is 6.83. The van der Waals surface area contributed by atoms with Crippen LogP contribution in [0.5, 0.6) is 0 Å². The highest BCUT2D eigenvalue weighted by molar-refractivity contribution is 5.04. The number of fused-ring (bicyclic) bond motifs is 1. The SMILES string of the molecule is CCCCOC[C@@]1(CO)O[C@@H]2OC(C)(C)OC2[C@H]1OCCCC. The number of rotatable bonds is 10. The molecule has 0 saturated carbocycles. The Hall–Kier alpha value is -0.240. The third-order valence-electron chi connectivity index (χ3n) is 4.31. The second-order valence-corrected chi connectivity index (χ2v) is 6.86. The van der Waals surface area contributed by atoms with Gasteiger partial charge in [0.15, 0.2) is 12.1 Å². The van der Waals surface area contributed by atoms with Crippen LogP contribution in [0.4, 0.5) is 0 Å². The summed E-state index contributed by atoms with van der Waals surface area (Å²) >= 11 is 0. The van der Waals surface area contributed by atoms with Crippen LogP contribution < -0.4 is 0 Å². The summed E-state index contributed by atoms with van der Waals surface area (Å²) in [7, 11) is 0. The van der Waals surface area contributed by atoms with Gasteiger partial charge in [-0.3, -0.25) is 0 Å². The quantitative estimate of drug-likeness (QED) is 0.619. The minimum atomic E-state index is -0.923. The van der Waals surface area contributed by atoms with Gasteiger partial charge >= 0.3 is 0 Å². The molecule has 1 unspecified atom stereocenters. The van der Waals surface area contributed by atoms with Gasteiger partial charge in [0.05, 0.1) is 13.2 Å². The van der Waals surface area contributed by atoms with E-state index in [0.717, 1.165) is 25.7 Å². The van der Waals surface area contributed by atoms with Gasteiger partial charge in [-0.25, -0.2) is 0 Å². The van der Waals surface area contributed by atoms with Gasteiger partial charge in [-0.05, 0) is 26.7 Å². The summed E-state index contributed by atoms with van der Waals surface area (Å²) in [5.74, 6) is -0.702. The van der Waals surface area contributed by atoms with Crippen molar-refractivity contribution in [2.24, 2.45) is 0 Å². The molecule has 1 N–H and O–H groups in total. The molecule has 23 heavy (non-hydrogen) atoms. The first-order valence-corrected chi connectivity index (χ1v) is 8.81. The molecule has 0 aromatic heterocycles. The van der Waals surface area contributed by atoms with E-state index in [0.29, 0.717) is 13.2 Å². The summed E-state index contributed by atoms with van der Waals surface area (Å²) in [6, 6.07) is 0. The maximum absolute atomic E-state index is 9.99. The normalized spacial score (nSPS) is 35.6. The molecule has 0 amide bonds. The predicted molar refractivity (Wildman–Crippen MR) is 85.1 cm³/mol. The molecule has 6 heteroatoms. The maximum atomic E-state index is 9.99. The Morgan fingerprint density at radius 1 is 1.00 bits per heavy atom. The van der Waals surface area contributed by atoms with Gasteiger partial charge in [0.1, 0.15) is 17.8 Å². The van der Waals surface area contributed by atoms with E-state index in [4.69, 9.17) is 23.7 Å². The molecule has 2 fully saturated rings. The van der Waals surface area contributed by atoms with Crippen LogP contribution in [0, 0.1) is 0 Å². The second-order valence-electron chi connectivity index (χ2n) is 6.86. The average Bonchev–Trinajstić information content (AvgIpc) is 2.94. The molecule has 136 valence electrons. The fourth-order valence-corrected chi connectivity index (χ4v) is 3.03. The zero-order chi connectivity index (χ0) is 16.9. The highest BCUT2D eigenvalue weighted by atomic mass is 16.8. The first kappa shape index (κ1) is 19.1. The van der Waals surface area contributed by atoms with Crippen LogP contribution in [0.3, 0.4) is 0 Å². The monoisotopic (exact) mass is 332 g/mol. The Balaban J connectivity index is 2.05. The highest BCUT2D eigenvalue weighted by Gasteiger charge is 2.62. The average molecular weight is 332 g/mol. The van der Waals surface area contributed by atoms with E-state index in [1.165, 1.54) is 0 Å². The van der Waals surface area contributed by atoms with Crippen LogP contribution in [0.1, 0.15) is 53.4 Å². The van der Waals surface area contributed by atoms with E-state index in [9.17, 15) is 5.11 Å². The van der Waals surface area contributed by atoms with E-state index in [2.05, 4.69) is 13.8 Å². The van der Waals surface area contributed by atoms with E-state index in [1.807, 2.05) is 13.8 Å². The van der Waals surface area contributed by atoms with Crippen molar-refractivity contribution in [1.29, 1.82) is 0 Å². The number of aliphatic hydroxyl groups excluding tert-OH is 1. The smallest absolute Gasteiger partial charge is 0.190 e. The fraction of sp³-hybridized carbons (Fsp3) is 1.00. The third kappa shape index (κ3) is 4.44. The van der Waals surface area contributed by atoms with Crippen molar-refractivity contribution in [1.82, 2.24) is 0 Å². The lowest BCUT2D eigenvalue weighted by Crippen LogP contribution is -2.52. The number of ether oxygens (including phenoxy) is 5. The number of aliphatic hydroxyl groups is 1. The molecule has 0 radical (unpaired) electrons. The first-order valence-electron chi connectivity index (χ1n) is 8.81. The Bertz CT molecular complexity index is 361. The van der Waals surface area contributed by atoms with Gasteiger partial charge in [0.2, 0.25) is 0 Å². The molecule has 2 heterocycles. The molecule has 2 aliphatic heterocycles. The van der Waals surface area contributed by atoms with Crippen LogP contribution in [0.15, 0.2) is 0 Å². The van der Waals surface area contributed by atoms with Gasteiger partial charge in [-0.2, -0.15) is 0 Å². The first-order chi connectivity index (χ1) is 11.0. The lowest BCUT2D eigenvalue weighted by atomic mass is 9.96. The van der Waals surface area contributed by atoms with Gasteiger partial charge in [0.25, 0.3) is 0 Å². The lowest BCUT2D eigenvalue weighted by Gasteiger charge is -2.35. The Morgan fingerprint density at radius 2 is 1.70 bits per heavy atom. The Morgan fingerprint density at radius 3 is 2.35 bits per heavy atom. The molecule has 2 saturated heterocycles. The standard InChI is InChI=1S/C17H32O6/c1-5-7-9-19-12-17(11-18)14(20-10-8-6-2)13-15(23-17)22-16(3,4)21-13/h13-15,18H,5-12H2,1-4H3/t13?,14-,15+,17-/m1/s1. The van der Waals surface area contributed by atoms with Crippen LogP contribution in [-0.2, 0) is 23.7 Å². The van der Waals surface area contributed by atoms with Crippen molar-refractivity contribution in [3.05, 3.63) is 0 Å². The molecule has 2 aliphatic rings. The van der Waals surface area contributed by atoms with E-state index in [-0.39, 0.29) is 19.3 Å². The molecule has 6 nitrogen and oxygen atoms in total. The minimum absolute atomic E-state index is 0.184. The Labute approximate surface area is 139 Å². The number of hydrogen-bond donors (Lipinski definition) is 1. The summed E-state index contributed by atoms with van der Waals surface area (Å²) in [6.07, 6.45) is 2.78. The molecule has 0 spiro atoms. The van der Waals surface area contributed by atoms with Crippen molar-refractivity contribution >= 4 is 0 Å². The van der Waals surface area contributed by atoms with Crippen molar-refractivity contribution in [3.8, 4) is 0 Å². The van der Waals surface area contributed by atoms with Crippen molar-refractivity contribution < 1.29 is 28.8 Å². The third-order valence-corrected chi connectivity index (χ3v) is 4.31. The van der Waals surface area contributed by atoms with Crippen LogP contribution in [0.25, 0.3) is 0 Å². The molecule has 0 aromatic rings. The summed E-state index contributed by atoms with van der Waals surface area (Å²) in [4.78, 5) is 0. The maximum Gasteiger partial charge on any atom is 0.190 e. The molecule has 2 rings (SSSR count). The van der Waals surface area contributed by atoms with Crippen LogP contribution in [-0.4, -0.2) is 61.4 Å². The predicted octanol–water partition coefficient (Wildman–Crippen LogP) is 2.23. The molecule has 0 bridgehead atoms. The fourth-order valence-electron chi connectivity index (χ4n) is 3.03. The molecular formula is C17H32O6. The van der Waals surface area contributed by atoms with Gasteiger partial charge in [-0.1, -0.05) is 26.7 Å². The summed E-state index contributed by atoms with van der Waals surface area (Å²) in [6.45, 7) is 9.29. The molecular weight excluding hydrogens is 300 g/mol. The topological polar surface area (TPSA) is 66.4 Å². The molecule has 0 aliphatic carbocycles. The minimum Gasteiger partial charge on any atom is -0.393 e. The summed E-state index contributed by atoms with van der Waals surface area (Å²) < 4.78 is 29.6. The van der Waals surface area contributed by atoms with Gasteiger partial charge in [0, 0.05) is 13.2 Å². The summed E-state index contributed by atoms with van der Waals surface area (Å²) in [5, 5.41) is 9.99. The van der Waals surface area contributed by atoms with Crippen molar-refractivity contribution in [3.63, 3.8) is 0 Å². The lowest BCUT2D eigenvalue weighted by molar-refractivity contribution is -0.260. The largest absolute Gasteiger partial charge is 0.393 e. The molecule has 4 atom stereocenters. The van der Waals surface area contributed by atoms with E-state index in [1.54, 1.807) is 0 Å². The van der Waals surface area contributed by atoms with Crippen molar-refractivity contribution in [2.75, 3.05) is 26.4 Å². The zero-order valence-electron chi connectivity index (χ0n) is 14.9. The van der Waals surface area contributed by atoms with E-state index < -0.39 is 23.8 Å². The summed E-state index contributed by atoms with van der Waals surface area (Å²) in [5.41, 5.74) is -0.923. The highest BCUT2D eigenvalue weighted by Crippen LogP contribution is 2.43. The van der Waals surface area contributed by atoms with Crippen LogP contribution >= 0.6 is 0 Å². The van der Waals surface area contributed by atoms with Gasteiger partial charge in [-0.15, -0.1) is 0 Å². The van der Waals surface area contributed by atoms with Crippen molar-refractivity contribution in [2.45, 2.75) is 83.3 Å². The molecule has 0 aromatic carbocycles. The number of unbranched alkanes of at least 4 members (excludes halogenated alkanes) is 2. The zero-order valence-corrected chi connectivity index (χ0v) is 14.9. The van der Waals surface area contributed by atoms with Gasteiger partial charge < -0.3 is 28.8 Å². The van der Waals surface area contributed by atoms with E-state index >= 15 is 0 Å². The number of hydrogen-bond acceptors (Lipinski definition) is 6.